The van der Waals surface area contributed by atoms with Gasteiger partial charge in [0.2, 0.25) is 0 Å². The van der Waals surface area contributed by atoms with Crippen LogP contribution in [0.4, 0.5) is 0 Å². The van der Waals surface area contributed by atoms with E-state index >= 15 is 0 Å². The number of hydrogen-bond donors (Lipinski definition) is 2. The quantitative estimate of drug-likeness (QED) is 0.721. The van der Waals surface area contributed by atoms with Gasteiger partial charge in [-0.1, -0.05) is 6.42 Å². The van der Waals surface area contributed by atoms with Gasteiger partial charge in [-0.05, 0) is 49.5 Å². The smallest absolute Gasteiger partial charge is 0.0487 e. The zero-order valence-electron chi connectivity index (χ0n) is 8.09. The topological polar surface area (TPSA) is 46.2 Å². The van der Waals surface area contributed by atoms with Crippen molar-refractivity contribution in [1.29, 1.82) is 0 Å². The second kappa shape index (κ2) is 3.76. The molecule has 2 fully saturated rings. The molecule has 2 unspecified atom stereocenters. The SMILES string of the molecule is Cl.NCC12CCCC(CO)(CC1)C2. The number of nitrogens with two attached hydrogens (primary N) is 1. The molecular formula is C10H20ClNO. The van der Waals surface area contributed by atoms with Crippen LogP contribution in [0.2, 0.25) is 0 Å². The van der Waals surface area contributed by atoms with Gasteiger partial charge >= 0.3 is 0 Å². The van der Waals surface area contributed by atoms with Crippen LogP contribution in [0, 0.1) is 10.8 Å². The van der Waals surface area contributed by atoms with E-state index in [2.05, 4.69) is 0 Å². The van der Waals surface area contributed by atoms with E-state index in [0.717, 1.165) is 6.54 Å². The number of hydrogen-bond acceptors (Lipinski definition) is 2. The molecule has 0 aromatic heterocycles. The van der Waals surface area contributed by atoms with Gasteiger partial charge in [0, 0.05) is 6.61 Å². The molecule has 2 atom stereocenters. The van der Waals surface area contributed by atoms with Crippen molar-refractivity contribution in [3.8, 4) is 0 Å². The highest BCUT2D eigenvalue weighted by atomic mass is 35.5. The summed E-state index contributed by atoms with van der Waals surface area (Å²) in [5.74, 6) is 0. The van der Waals surface area contributed by atoms with Crippen molar-refractivity contribution in [2.75, 3.05) is 13.2 Å². The lowest BCUT2D eigenvalue weighted by Gasteiger charge is -2.37. The number of aliphatic hydroxyl groups is 1. The summed E-state index contributed by atoms with van der Waals surface area (Å²) < 4.78 is 0. The molecule has 0 aromatic rings. The van der Waals surface area contributed by atoms with E-state index in [4.69, 9.17) is 5.73 Å². The minimum atomic E-state index is 0. The van der Waals surface area contributed by atoms with Crippen molar-refractivity contribution in [3.63, 3.8) is 0 Å². The Morgan fingerprint density at radius 2 is 1.69 bits per heavy atom. The molecule has 3 N–H and O–H groups in total. The molecule has 2 aliphatic rings. The molecule has 3 heteroatoms. The highest BCUT2D eigenvalue weighted by molar-refractivity contribution is 5.85. The zero-order valence-corrected chi connectivity index (χ0v) is 8.91. The Hall–Kier alpha value is 0.210. The predicted octanol–water partition coefficient (Wildman–Crippen LogP) is 1.70. The number of halogens is 1. The molecule has 0 amide bonds. The van der Waals surface area contributed by atoms with Crippen LogP contribution < -0.4 is 5.73 Å². The first kappa shape index (κ1) is 11.3. The molecule has 2 bridgehead atoms. The Labute approximate surface area is 86.3 Å². The second-order valence-corrected chi connectivity index (χ2v) is 4.89. The van der Waals surface area contributed by atoms with Gasteiger partial charge in [-0.15, -0.1) is 12.4 Å². The molecule has 78 valence electrons. The van der Waals surface area contributed by atoms with Crippen LogP contribution in [-0.4, -0.2) is 18.3 Å². The standard InChI is InChI=1S/C10H19NO.ClH/c11-7-9-2-1-3-10(6-9,8-12)5-4-9;/h12H,1-8,11H2;1H. The van der Waals surface area contributed by atoms with Crippen LogP contribution in [0.3, 0.4) is 0 Å². The molecule has 0 spiro atoms. The summed E-state index contributed by atoms with van der Waals surface area (Å²) in [6.45, 7) is 1.21. The van der Waals surface area contributed by atoms with Crippen LogP contribution in [-0.2, 0) is 0 Å². The second-order valence-electron chi connectivity index (χ2n) is 4.89. The highest BCUT2D eigenvalue weighted by Gasteiger charge is 2.49. The third-order valence-corrected chi connectivity index (χ3v) is 4.12. The van der Waals surface area contributed by atoms with E-state index in [-0.39, 0.29) is 17.8 Å². The lowest BCUT2D eigenvalue weighted by Crippen LogP contribution is -2.35. The van der Waals surface area contributed by atoms with Crippen molar-refractivity contribution in [2.24, 2.45) is 16.6 Å². The van der Waals surface area contributed by atoms with Crippen molar-refractivity contribution >= 4 is 12.4 Å². The normalized spacial score (nSPS) is 42.9. The largest absolute Gasteiger partial charge is 0.396 e. The minimum Gasteiger partial charge on any atom is -0.396 e. The van der Waals surface area contributed by atoms with Crippen molar-refractivity contribution in [2.45, 2.75) is 38.5 Å². The number of aliphatic hydroxyl groups excluding tert-OH is 1. The monoisotopic (exact) mass is 205 g/mol. The number of rotatable bonds is 2. The first-order chi connectivity index (χ1) is 5.74. The maximum absolute atomic E-state index is 9.34. The van der Waals surface area contributed by atoms with Gasteiger partial charge in [-0.25, -0.2) is 0 Å². The van der Waals surface area contributed by atoms with E-state index < -0.39 is 0 Å². The summed E-state index contributed by atoms with van der Waals surface area (Å²) in [7, 11) is 0. The highest BCUT2D eigenvalue weighted by Crippen LogP contribution is 2.57. The lowest BCUT2D eigenvalue weighted by molar-refractivity contribution is 0.0724. The van der Waals surface area contributed by atoms with E-state index in [1.807, 2.05) is 0 Å². The molecular weight excluding hydrogens is 186 g/mol. The Balaban J connectivity index is 0.000000845. The molecule has 2 saturated carbocycles. The maximum atomic E-state index is 9.34. The van der Waals surface area contributed by atoms with Crippen molar-refractivity contribution in [3.05, 3.63) is 0 Å². The summed E-state index contributed by atoms with van der Waals surface area (Å²) >= 11 is 0. The van der Waals surface area contributed by atoms with E-state index in [9.17, 15) is 5.11 Å². The summed E-state index contributed by atoms with van der Waals surface area (Å²) in [6.07, 6.45) is 7.45. The molecule has 0 radical (unpaired) electrons. The Morgan fingerprint density at radius 1 is 1.08 bits per heavy atom. The molecule has 2 aliphatic carbocycles. The predicted molar refractivity (Wildman–Crippen MR) is 56.0 cm³/mol. The van der Waals surface area contributed by atoms with Gasteiger partial charge in [-0.3, -0.25) is 0 Å². The average molecular weight is 206 g/mol. The minimum absolute atomic E-state index is 0. The van der Waals surface area contributed by atoms with Crippen LogP contribution in [0.15, 0.2) is 0 Å². The molecule has 0 heterocycles. The molecule has 0 aromatic carbocycles. The summed E-state index contributed by atoms with van der Waals surface area (Å²) in [5, 5.41) is 9.34. The van der Waals surface area contributed by atoms with Crippen LogP contribution in [0.5, 0.6) is 0 Å². The van der Waals surface area contributed by atoms with Gasteiger partial charge in [0.15, 0.2) is 0 Å². The average Bonchev–Trinajstić information content (AvgIpc) is 2.41. The first-order valence-electron chi connectivity index (χ1n) is 5.05. The lowest BCUT2D eigenvalue weighted by atomic mass is 9.69. The third kappa shape index (κ3) is 1.72. The fraction of sp³-hybridized carbons (Fsp3) is 1.00. The van der Waals surface area contributed by atoms with E-state index in [1.165, 1.54) is 38.5 Å². The Kier molecular flexibility index (Phi) is 3.26. The summed E-state index contributed by atoms with van der Waals surface area (Å²) in [6, 6.07) is 0. The van der Waals surface area contributed by atoms with Gasteiger partial charge in [0.25, 0.3) is 0 Å². The first-order valence-corrected chi connectivity index (χ1v) is 5.05. The fourth-order valence-corrected chi connectivity index (χ4v) is 3.26. The van der Waals surface area contributed by atoms with Crippen LogP contribution in [0.1, 0.15) is 38.5 Å². The summed E-state index contributed by atoms with van der Waals surface area (Å²) in [5.41, 5.74) is 6.50. The molecule has 2 nitrogen and oxygen atoms in total. The molecule has 13 heavy (non-hydrogen) atoms. The summed E-state index contributed by atoms with van der Waals surface area (Å²) in [4.78, 5) is 0. The molecule has 0 saturated heterocycles. The van der Waals surface area contributed by atoms with Gasteiger partial charge in [-0.2, -0.15) is 0 Å². The van der Waals surface area contributed by atoms with Crippen LogP contribution in [0.25, 0.3) is 0 Å². The van der Waals surface area contributed by atoms with Crippen LogP contribution >= 0.6 is 12.4 Å². The fourth-order valence-electron chi connectivity index (χ4n) is 3.26. The van der Waals surface area contributed by atoms with Gasteiger partial charge < -0.3 is 10.8 Å². The molecule has 0 aliphatic heterocycles. The third-order valence-electron chi connectivity index (χ3n) is 4.12. The van der Waals surface area contributed by atoms with Gasteiger partial charge in [0.05, 0.1) is 0 Å². The van der Waals surface area contributed by atoms with Gasteiger partial charge in [0.1, 0.15) is 0 Å². The molecule has 2 rings (SSSR count). The van der Waals surface area contributed by atoms with E-state index in [1.54, 1.807) is 0 Å². The maximum Gasteiger partial charge on any atom is 0.0487 e. The van der Waals surface area contributed by atoms with Crippen molar-refractivity contribution < 1.29 is 5.11 Å². The van der Waals surface area contributed by atoms with E-state index in [0.29, 0.717) is 12.0 Å². The Morgan fingerprint density at radius 3 is 2.31 bits per heavy atom. The van der Waals surface area contributed by atoms with Crippen molar-refractivity contribution in [1.82, 2.24) is 0 Å². The zero-order chi connectivity index (χ0) is 8.66. The number of fused-ring (bicyclic) bond motifs is 2. The Bertz CT molecular complexity index is 170.